The van der Waals surface area contributed by atoms with Crippen molar-refractivity contribution in [1.29, 1.82) is 0 Å². The van der Waals surface area contributed by atoms with Crippen molar-refractivity contribution in [2.45, 2.75) is 13.8 Å². The van der Waals surface area contributed by atoms with Gasteiger partial charge in [-0.05, 0) is 43.7 Å². The molecule has 0 spiro atoms. The zero-order valence-electron chi connectivity index (χ0n) is 15.6. The van der Waals surface area contributed by atoms with Crippen molar-refractivity contribution in [3.63, 3.8) is 0 Å². The first-order valence-corrected chi connectivity index (χ1v) is 8.84. The highest BCUT2D eigenvalue weighted by Crippen LogP contribution is 2.14. The van der Waals surface area contributed by atoms with Gasteiger partial charge in [0.05, 0.1) is 5.56 Å². The van der Waals surface area contributed by atoms with Crippen molar-refractivity contribution in [2.24, 2.45) is 0 Å². The van der Waals surface area contributed by atoms with E-state index in [1.165, 1.54) is 29.8 Å². The fourth-order valence-electron chi connectivity index (χ4n) is 2.59. The molecule has 0 saturated heterocycles. The standard InChI is InChI=1S/C21H24N2O4/c1-3-23(19-6-4-5-16(2)13-19)12-11-22-20(25)15-27-21(26)18-9-7-17(14-24)8-10-18/h4-10,13-14H,3,11-12,15H2,1-2H3,(H,22,25). The third kappa shape index (κ3) is 6.26. The lowest BCUT2D eigenvalue weighted by atomic mass is 10.1. The minimum absolute atomic E-state index is 0.296. The van der Waals surface area contributed by atoms with Gasteiger partial charge in [0.25, 0.3) is 5.91 Å². The van der Waals surface area contributed by atoms with E-state index < -0.39 is 5.97 Å². The quantitative estimate of drug-likeness (QED) is 0.544. The van der Waals surface area contributed by atoms with E-state index in [1.807, 2.05) is 25.1 Å². The molecule has 0 bridgehead atoms. The van der Waals surface area contributed by atoms with Crippen molar-refractivity contribution < 1.29 is 19.1 Å². The first kappa shape index (κ1) is 20.2. The number of esters is 1. The van der Waals surface area contributed by atoms with Crippen LogP contribution in [0.25, 0.3) is 0 Å². The van der Waals surface area contributed by atoms with Crippen molar-refractivity contribution in [3.8, 4) is 0 Å². The summed E-state index contributed by atoms with van der Waals surface area (Å²) in [6.07, 6.45) is 0.693. The molecule has 2 aromatic rings. The number of anilines is 1. The fraction of sp³-hybridized carbons (Fsp3) is 0.286. The highest BCUT2D eigenvalue weighted by molar-refractivity contribution is 5.92. The summed E-state index contributed by atoms with van der Waals surface area (Å²) < 4.78 is 4.99. The van der Waals surface area contributed by atoms with Crippen LogP contribution in [0.3, 0.4) is 0 Å². The van der Waals surface area contributed by atoms with E-state index in [-0.39, 0.29) is 12.5 Å². The molecule has 0 atom stereocenters. The Bertz CT molecular complexity index is 787. The normalized spacial score (nSPS) is 10.1. The molecule has 0 unspecified atom stereocenters. The number of nitrogens with one attached hydrogen (secondary N) is 1. The average Bonchev–Trinajstić information content (AvgIpc) is 2.69. The number of aldehydes is 1. The smallest absolute Gasteiger partial charge is 0.338 e. The first-order valence-electron chi connectivity index (χ1n) is 8.84. The molecule has 0 aliphatic carbocycles. The van der Waals surface area contributed by atoms with Crippen LogP contribution >= 0.6 is 0 Å². The Labute approximate surface area is 159 Å². The van der Waals surface area contributed by atoms with Crippen molar-refractivity contribution >= 4 is 23.9 Å². The van der Waals surface area contributed by atoms with Crippen molar-refractivity contribution in [3.05, 3.63) is 65.2 Å². The molecule has 6 heteroatoms. The number of benzene rings is 2. The van der Waals surface area contributed by atoms with Crippen molar-refractivity contribution in [2.75, 3.05) is 31.1 Å². The van der Waals surface area contributed by atoms with Gasteiger partial charge >= 0.3 is 5.97 Å². The molecule has 1 N–H and O–H groups in total. The molecule has 0 aliphatic rings. The SMILES string of the molecule is CCN(CCNC(=O)COC(=O)c1ccc(C=O)cc1)c1cccc(C)c1. The van der Waals surface area contributed by atoms with Gasteiger partial charge in [-0.2, -0.15) is 0 Å². The number of nitrogens with zero attached hydrogens (tertiary/aromatic N) is 1. The number of hydrogen-bond acceptors (Lipinski definition) is 5. The van der Waals surface area contributed by atoms with Crippen LogP contribution in [0.4, 0.5) is 5.69 Å². The minimum atomic E-state index is -0.599. The number of aryl methyl sites for hydroxylation is 1. The number of carbonyl (C=O) groups is 3. The summed E-state index contributed by atoms with van der Waals surface area (Å²) in [5, 5.41) is 2.75. The summed E-state index contributed by atoms with van der Waals surface area (Å²) in [5.74, 6) is -0.953. The van der Waals surface area contributed by atoms with Crippen molar-refractivity contribution in [1.82, 2.24) is 5.32 Å². The van der Waals surface area contributed by atoms with E-state index >= 15 is 0 Å². The molecule has 142 valence electrons. The average molecular weight is 368 g/mol. The van der Waals surface area contributed by atoms with Crippen LogP contribution < -0.4 is 10.2 Å². The third-order valence-electron chi connectivity index (χ3n) is 4.07. The van der Waals surface area contributed by atoms with Gasteiger partial charge in [-0.1, -0.05) is 24.3 Å². The molecule has 0 aromatic heterocycles. The zero-order chi connectivity index (χ0) is 19.6. The molecule has 6 nitrogen and oxygen atoms in total. The van der Waals surface area contributed by atoms with Crippen LogP contribution in [0.5, 0.6) is 0 Å². The number of hydrogen-bond donors (Lipinski definition) is 1. The van der Waals surface area contributed by atoms with E-state index in [2.05, 4.69) is 23.2 Å². The topological polar surface area (TPSA) is 75.7 Å². The summed E-state index contributed by atoms with van der Waals surface area (Å²) in [5.41, 5.74) is 3.06. The van der Waals surface area contributed by atoms with E-state index in [0.29, 0.717) is 30.5 Å². The Morgan fingerprint density at radius 3 is 2.52 bits per heavy atom. The molecule has 2 rings (SSSR count). The third-order valence-corrected chi connectivity index (χ3v) is 4.07. The van der Waals surface area contributed by atoms with Gasteiger partial charge in [0, 0.05) is 30.9 Å². The van der Waals surface area contributed by atoms with Crippen LogP contribution in [0.1, 0.15) is 33.2 Å². The zero-order valence-corrected chi connectivity index (χ0v) is 15.6. The molecule has 0 fully saturated rings. The van der Waals surface area contributed by atoms with Gasteiger partial charge in [0.2, 0.25) is 0 Å². The number of likely N-dealkylation sites (N-methyl/N-ethyl adjacent to an activating group) is 1. The second kappa shape index (κ2) is 10.1. The van der Waals surface area contributed by atoms with Gasteiger partial charge in [-0.25, -0.2) is 4.79 Å². The fourth-order valence-corrected chi connectivity index (χ4v) is 2.59. The Balaban J connectivity index is 1.75. The van der Waals surface area contributed by atoms with E-state index in [4.69, 9.17) is 4.74 Å². The molecular formula is C21H24N2O4. The Hall–Kier alpha value is -3.15. The van der Waals surface area contributed by atoms with Crippen LogP contribution in [0.15, 0.2) is 48.5 Å². The van der Waals surface area contributed by atoms with E-state index in [1.54, 1.807) is 0 Å². The highest BCUT2D eigenvalue weighted by atomic mass is 16.5. The van der Waals surface area contributed by atoms with Gasteiger partial charge in [-0.3, -0.25) is 9.59 Å². The highest BCUT2D eigenvalue weighted by Gasteiger charge is 2.11. The predicted molar refractivity (Wildman–Crippen MR) is 104 cm³/mol. The second-order valence-electron chi connectivity index (χ2n) is 6.08. The van der Waals surface area contributed by atoms with Crippen LogP contribution in [-0.2, 0) is 9.53 Å². The Kier molecular flexibility index (Phi) is 7.55. The van der Waals surface area contributed by atoms with Gasteiger partial charge in [0.1, 0.15) is 6.29 Å². The Morgan fingerprint density at radius 2 is 1.89 bits per heavy atom. The summed E-state index contributed by atoms with van der Waals surface area (Å²) in [6.45, 7) is 5.69. The van der Waals surface area contributed by atoms with Gasteiger partial charge in [-0.15, -0.1) is 0 Å². The van der Waals surface area contributed by atoms with E-state index in [9.17, 15) is 14.4 Å². The summed E-state index contributed by atoms with van der Waals surface area (Å²) in [4.78, 5) is 36.5. The molecule has 1 amide bonds. The van der Waals surface area contributed by atoms with Gasteiger partial charge < -0.3 is 15.0 Å². The maximum Gasteiger partial charge on any atom is 0.338 e. The predicted octanol–water partition coefficient (Wildman–Crippen LogP) is 2.61. The second-order valence-corrected chi connectivity index (χ2v) is 6.08. The molecule has 27 heavy (non-hydrogen) atoms. The summed E-state index contributed by atoms with van der Waals surface area (Å²) in [6, 6.07) is 14.2. The van der Waals surface area contributed by atoms with Crippen LogP contribution in [0, 0.1) is 6.92 Å². The number of amides is 1. The summed E-state index contributed by atoms with van der Waals surface area (Å²) in [7, 11) is 0. The maximum absolute atomic E-state index is 11.9. The lowest BCUT2D eigenvalue weighted by molar-refractivity contribution is -0.124. The number of ether oxygens (including phenoxy) is 1. The molecular weight excluding hydrogens is 344 g/mol. The van der Waals surface area contributed by atoms with E-state index in [0.717, 1.165) is 12.2 Å². The molecule has 0 heterocycles. The molecule has 2 aromatic carbocycles. The lowest BCUT2D eigenvalue weighted by Gasteiger charge is -2.23. The van der Waals surface area contributed by atoms with Gasteiger partial charge in [0.15, 0.2) is 6.61 Å². The monoisotopic (exact) mass is 368 g/mol. The van der Waals surface area contributed by atoms with Crippen LogP contribution in [-0.4, -0.2) is 44.4 Å². The number of rotatable bonds is 9. The van der Waals surface area contributed by atoms with Crippen LogP contribution in [0.2, 0.25) is 0 Å². The molecule has 0 aliphatic heterocycles. The Morgan fingerprint density at radius 1 is 1.15 bits per heavy atom. The summed E-state index contributed by atoms with van der Waals surface area (Å²) >= 11 is 0. The minimum Gasteiger partial charge on any atom is -0.452 e. The maximum atomic E-state index is 11.9. The first-order chi connectivity index (χ1) is 13.0. The number of carbonyl (C=O) groups excluding carboxylic acids is 3. The molecule has 0 saturated carbocycles. The largest absolute Gasteiger partial charge is 0.452 e. The molecule has 0 radical (unpaired) electrons. The lowest BCUT2D eigenvalue weighted by Crippen LogP contribution is -2.36.